The lowest BCUT2D eigenvalue weighted by Crippen LogP contribution is -2.85. The molecule has 31 heavy (non-hydrogen) atoms. The number of rotatable bonds is 2. The zero-order chi connectivity index (χ0) is 22.9. The highest BCUT2D eigenvalue weighted by molar-refractivity contribution is 6.50. The van der Waals surface area contributed by atoms with E-state index in [0.717, 1.165) is 0 Å². The number of hydrogen-bond donors (Lipinski definition) is 1. The molecule has 0 spiro atoms. The Morgan fingerprint density at radius 1 is 0.774 bits per heavy atom. The molecule has 3 rings (SSSR count). The fraction of sp³-hybridized carbons (Fsp3) is 0.625. The van der Waals surface area contributed by atoms with Gasteiger partial charge in [-0.25, -0.2) is 0 Å². The summed E-state index contributed by atoms with van der Waals surface area (Å²) >= 11 is 0. The molecule has 2 nitrogen and oxygen atoms in total. The van der Waals surface area contributed by atoms with Crippen LogP contribution in [0.3, 0.4) is 0 Å². The SMILES string of the molecule is Cc1cc(C)c(C2=NC=C(C3CCCCCCCCCCC3)[NH2+]2)c(C)c1.F[B-](F)(F)F. The summed E-state index contributed by atoms with van der Waals surface area (Å²) in [7, 11) is -6.00. The molecule has 1 aliphatic carbocycles. The molecule has 2 aliphatic rings. The van der Waals surface area contributed by atoms with Crippen LogP contribution in [-0.4, -0.2) is 13.1 Å². The van der Waals surface area contributed by atoms with E-state index in [0.29, 0.717) is 5.92 Å². The third kappa shape index (κ3) is 9.59. The molecule has 0 bridgehead atoms. The minimum absolute atomic E-state index is 0.710. The van der Waals surface area contributed by atoms with Gasteiger partial charge in [-0.1, -0.05) is 75.5 Å². The summed E-state index contributed by atoms with van der Waals surface area (Å²) in [5.41, 5.74) is 6.87. The van der Waals surface area contributed by atoms with Gasteiger partial charge in [0.15, 0.2) is 0 Å². The van der Waals surface area contributed by atoms with Gasteiger partial charge >= 0.3 is 7.25 Å². The van der Waals surface area contributed by atoms with Crippen molar-refractivity contribution in [3.05, 3.63) is 46.3 Å². The van der Waals surface area contributed by atoms with Gasteiger partial charge in [0.05, 0.1) is 11.8 Å². The summed E-state index contributed by atoms with van der Waals surface area (Å²) in [5, 5.41) is 2.39. The zero-order valence-corrected chi connectivity index (χ0v) is 19.2. The number of hydrogen-bond acceptors (Lipinski definition) is 1. The van der Waals surface area contributed by atoms with Crippen LogP contribution in [0.1, 0.15) is 92.9 Å². The van der Waals surface area contributed by atoms with Crippen LogP contribution in [0.2, 0.25) is 0 Å². The van der Waals surface area contributed by atoms with E-state index in [1.54, 1.807) is 0 Å². The first-order chi connectivity index (χ1) is 14.6. The molecule has 1 fully saturated rings. The lowest BCUT2D eigenvalue weighted by Gasteiger charge is -2.17. The van der Waals surface area contributed by atoms with Crippen molar-refractivity contribution in [2.45, 2.75) is 91.4 Å². The van der Waals surface area contributed by atoms with E-state index in [9.17, 15) is 17.3 Å². The Morgan fingerprint density at radius 2 is 1.19 bits per heavy atom. The van der Waals surface area contributed by atoms with Crippen molar-refractivity contribution in [1.82, 2.24) is 0 Å². The second-order valence-electron chi connectivity index (χ2n) is 9.01. The topological polar surface area (TPSA) is 29.0 Å². The van der Waals surface area contributed by atoms with Crippen molar-refractivity contribution in [3.63, 3.8) is 0 Å². The fourth-order valence-electron chi connectivity index (χ4n) is 4.82. The molecule has 0 amide bonds. The van der Waals surface area contributed by atoms with Crippen LogP contribution >= 0.6 is 0 Å². The van der Waals surface area contributed by atoms with Crippen LogP contribution in [-0.2, 0) is 0 Å². The predicted molar refractivity (Wildman–Crippen MR) is 122 cm³/mol. The van der Waals surface area contributed by atoms with Crippen LogP contribution < -0.4 is 5.32 Å². The van der Waals surface area contributed by atoms with Crippen LogP contribution in [0.4, 0.5) is 17.3 Å². The highest BCUT2D eigenvalue weighted by atomic mass is 19.5. The van der Waals surface area contributed by atoms with Gasteiger partial charge in [0.1, 0.15) is 5.70 Å². The number of aryl methyl sites for hydroxylation is 3. The quantitative estimate of drug-likeness (QED) is 0.379. The van der Waals surface area contributed by atoms with Crippen LogP contribution in [0.5, 0.6) is 0 Å². The van der Waals surface area contributed by atoms with Gasteiger partial charge in [0.25, 0.3) is 0 Å². The molecule has 174 valence electrons. The number of aliphatic imine (C=N–C) groups is 1. The van der Waals surface area contributed by atoms with Gasteiger partial charge in [0, 0.05) is 5.92 Å². The smallest absolute Gasteiger partial charge is 0.418 e. The first-order valence-electron chi connectivity index (χ1n) is 11.7. The first-order valence-corrected chi connectivity index (χ1v) is 11.7. The van der Waals surface area contributed by atoms with E-state index in [2.05, 4.69) is 44.4 Å². The third-order valence-corrected chi connectivity index (χ3v) is 6.17. The van der Waals surface area contributed by atoms with Gasteiger partial charge in [-0.3, -0.25) is 5.32 Å². The van der Waals surface area contributed by atoms with E-state index >= 15 is 0 Å². The monoisotopic (exact) mass is 440 g/mol. The van der Waals surface area contributed by atoms with Crippen LogP contribution in [0, 0.1) is 26.7 Å². The highest BCUT2D eigenvalue weighted by Gasteiger charge is 2.26. The summed E-state index contributed by atoms with van der Waals surface area (Å²) < 4.78 is 39.0. The zero-order valence-electron chi connectivity index (χ0n) is 19.2. The molecule has 0 unspecified atom stereocenters. The minimum atomic E-state index is -6.00. The number of quaternary nitrogens is 1. The number of halogens is 4. The number of allylic oxidation sites excluding steroid dienone is 1. The molecule has 0 radical (unpaired) electrons. The van der Waals surface area contributed by atoms with Crippen molar-refractivity contribution < 1.29 is 22.6 Å². The van der Waals surface area contributed by atoms with E-state index in [-0.39, 0.29) is 0 Å². The molecule has 1 heterocycles. The summed E-state index contributed by atoms with van der Waals surface area (Å²) in [6.45, 7) is 6.62. The number of amidine groups is 1. The van der Waals surface area contributed by atoms with E-state index in [4.69, 9.17) is 4.99 Å². The predicted octanol–water partition coefficient (Wildman–Crippen LogP) is 7.00. The van der Waals surface area contributed by atoms with Gasteiger partial charge in [-0.15, -0.1) is 0 Å². The number of nitrogens with zero attached hydrogens (tertiary/aromatic N) is 1. The molecule has 0 aromatic heterocycles. The second-order valence-corrected chi connectivity index (χ2v) is 9.01. The van der Waals surface area contributed by atoms with Crippen molar-refractivity contribution >= 4 is 13.1 Å². The second kappa shape index (κ2) is 12.4. The van der Waals surface area contributed by atoms with Crippen molar-refractivity contribution in [2.24, 2.45) is 10.9 Å². The lowest BCUT2D eigenvalue weighted by molar-refractivity contribution is -0.487. The Balaban J connectivity index is 0.000000614. The van der Waals surface area contributed by atoms with Gasteiger partial charge in [-0.05, 0) is 44.7 Å². The molecule has 0 saturated heterocycles. The average Bonchev–Trinajstić information content (AvgIpc) is 3.09. The summed E-state index contributed by atoms with van der Waals surface area (Å²) in [5.74, 6) is 1.89. The van der Waals surface area contributed by atoms with E-state index < -0.39 is 7.25 Å². The standard InChI is InChI=1S/C24H36N2.BF4/c1-18-15-19(2)23(20(3)16-18)24-25-17-22(26-24)21-13-11-9-7-5-4-6-8-10-12-14-21;2-1(3,4)5/h15-17,21H,4-14H2,1-3H3,(H,25,26);/q;-1/p+1. The maximum absolute atomic E-state index is 9.75. The van der Waals surface area contributed by atoms with Gasteiger partial charge in [-0.2, -0.15) is 4.99 Å². The normalized spacial score (nSPS) is 19.5. The molecule has 7 heteroatoms. The molecule has 1 aromatic rings. The molecule has 1 aromatic carbocycles. The molecule has 2 N–H and O–H groups in total. The van der Waals surface area contributed by atoms with Crippen molar-refractivity contribution in [2.75, 3.05) is 0 Å². The number of benzene rings is 1. The molecule has 0 atom stereocenters. The van der Waals surface area contributed by atoms with Crippen LogP contribution in [0.25, 0.3) is 0 Å². The number of nitrogens with two attached hydrogens (primary N) is 1. The van der Waals surface area contributed by atoms with Crippen LogP contribution in [0.15, 0.2) is 29.0 Å². The van der Waals surface area contributed by atoms with E-state index in [1.807, 2.05) is 0 Å². The van der Waals surface area contributed by atoms with Gasteiger partial charge < -0.3 is 17.3 Å². The minimum Gasteiger partial charge on any atom is -0.418 e. The highest BCUT2D eigenvalue weighted by Crippen LogP contribution is 2.26. The summed E-state index contributed by atoms with van der Waals surface area (Å²) in [4.78, 5) is 4.84. The third-order valence-electron chi connectivity index (χ3n) is 6.17. The van der Waals surface area contributed by atoms with Gasteiger partial charge in [0.2, 0.25) is 5.84 Å². The maximum Gasteiger partial charge on any atom is 0.673 e. The Kier molecular flexibility index (Phi) is 10.3. The average molecular weight is 440 g/mol. The van der Waals surface area contributed by atoms with Crippen molar-refractivity contribution in [1.29, 1.82) is 0 Å². The Hall–Kier alpha value is -1.63. The fourth-order valence-corrected chi connectivity index (χ4v) is 4.82. The lowest BCUT2D eigenvalue weighted by atomic mass is 9.90. The Labute approximate surface area is 184 Å². The van der Waals surface area contributed by atoms with Crippen molar-refractivity contribution in [3.8, 4) is 0 Å². The maximum atomic E-state index is 9.75. The Bertz CT molecular complexity index is 730. The largest absolute Gasteiger partial charge is 0.673 e. The Morgan fingerprint density at radius 3 is 1.65 bits per heavy atom. The molecular formula is C24H37BF4N2. The molecular weight excluding hydrogens is 403 g/mol. The first kappa shape index (κ1) is 25.6. The molecule has 1 aliphatic heterocycles. The summed E-state index contributed by atoms with van der Waals surface area (Å²) in [6.07, 6.45) is 17.6. The van der Waals surface area contributed by atoms with E-state index in [1.165, 1.54) is 104 Å². The summed E-state index contributed by atoms with van der Waals surface area (Å²) in [6, 6.07) is 4.57. The molecule has 1 saturated carbocycles.